The Morgan fingerprint density at radius 2 is 1.08 bits per heavy atom. The smallest absolute Gasteiger partial charge is 0.208 e. The number of amides is 2. The first-order chi connectivity index (χ1) is 11.7. The molecule has 0 saturated carbocycles. The molecule has 0 bridgehead atoms. The lowest BCUT2D eigenvalue weighted by Crippen LogP contribution is -2.40. The van der Waals surface area contributed by atoms with E-state index < -0.39 is 0 Å². The van der Waals surface area contributed by atoms with Crippen molar-refractivity contribution in [2.45, 2.75) is 103 Å². The zero-order valence-electron chi connectivity index (χ0n) is 15.4. The molecule has 0 atom stereocenters. The van der Waals surface area contributed by atoms with Gasteiger partial charge in [-0.3, -0.25) is 9.59 Å². The van der Waals surface area contributed by atoms with Crippen LogP contribution in [0.15, 0.2) is 0 Å². The predicted molar refractivity (Wildman–Crippen MR) is 97.5 cm³/mol. The van der Waals surface area contributed by atoms with Gasteiger partial charge in [0, 0.05) is 6.42 Å². The molecule has 0 spiro atoms. The molecule has 0 aliphatic rings. The zero-order valence-corrected chi connectivity index (χ0v) is 15.4. The summed E-state index contributed by atoms with van der Waals surface area (Å²) in [6, 6.07) is 0. The highest BCUT2D eigenvalue weighted by Crippen LogP contribution is 2.13. The second kappa shape index (κ2) is 18.0. The van der Waals surface area contributed by atoms with Crippen LogP contribution < -0.4 is 10.6 Å². The minimum atomic E-state index is -0.226. The summed E-state index contributed by atoms with van der Waals surface area (Å²) in [6.07, 6.45) is 17.3. The van der Waals surface area contributed by atoms with E-state index in [1.165, 1.54) is 57.8 Å². The van der Waals surface area contributed by atoms with Crippen molar-refractivity contribution in [3.63, 3.8) is 0 Å². The summed E-state index contributed by atoms with van der Waals surface area (Å²) in [4.78, 5) is 31.5. The molecule has 0 fully saturated rings. The minimum absolute atomic E-state index is 0.226. The quantitative estimate of drug-likeness (QED) is 0.213. The second-order valence-electron chi connectivity index (χ2n) is 6.60. The largest absolute Gasteiger partial charge is 0.339 e. The highest BCUT2D eigenvalue weighted by atomic mass is 16.1. The maximum Gasteiger partial charge on any atom is 0.208 e. The van der Waals surface area contributed by atoms with Crippen molar-refractivity contribution >= 4 is 18.6 Å². The first kappa shape index (κ1) is 22.6. The highest BCUT2D eigenvalue weighted by Gasteiger charge is 2.04. The fourth-order valence-corrected chi connectivity index (χ4v) is 2.87. The molecule has 2 amide bonds. The van der Waals surface area contributed by atoms with Gasteiger partial charge in [0.25, 0.3) is 0 Å². The van der Waals surface area contributed by atoms with E-state index in [0.717, 1.165) is 32.1 Å². The van der Waals surface area contributed by atoms with Crippen LogP contribution in [-0.4, -0.2) is 24.8 Å². The lowest BCUT2D eigenvalue weighted by molar-refractivity contribution is -0.117. The van der Waals surface area contributed by atoms with Crippen molar-refractivity contribution in [3.8, 4) is 0 Å². The zero-order chi connectivity index (χ0) is 17.9. The standard InChI is InChI=1S/C19H36N2O3/c1-18(24)14-12-10-8-6-4-2-3-5-7-9-11-13-15-19(20-16-22)21-17-23/h16-17,19H,2-15H2,1H3,(H,20,22)(H,21,23). The summed E-state index contributed by atoms with van der Waals surface area (Å²) in [6.45, 7) is 1.67. The Kier molecular flexibility index (Phi) is 16.9. The van der Waals surface area contributed by atoms with Crippen LogP contribution >= 0.6 is 0 Å². The predicted octanol–water partition coefficient (Wildman–Crippen LogP) is 3.85. The van der Waals surface area contributed by atoms with Crippen molar-refractivity contribution in [1.29, 1.82) is 0 Å². The summed E-state index contributed by atoms with van der Waals surface area (Å²) in [5.41, 5.74) is 0. The van der Waals surface area contributed by atoms with Crippen molar-refractivity contribution in [1.82, 2.24) is 10.6 Å². The van der Waals surface area contributed by atoms with Crippen molar-refractivity contribution in [2.24, 2.45) is 0 Å². The fraction of sp³-hybridized carbons (Fsp3) is 0.842. The maximum atomic E-state index is 10.8. The van der Waals surface area contributed by atoms with Crippen LogP contribution in [0.3, 0.4) is 0 Å². The van der Waals surface area contributed by atoms with Gasteiger partial charge in [0.05, 0.1) is 0 Å². The molecule has 0 aromatic heterocycles. The third-order valence-electron chi connectivity index (χ3n) is 4.31. The van der Waals surface area contributed by atoms with E-state index in [1.54, 1.807) is 6.92 Å². The molecular weight excluding hydrogens is 304 g/mol. The van der Waals surface area contributed by atoms with Crippen LogP contribution in [0.2, 0.25) is 0 Å². The molecule has 2 N–H and O–H groups in total. The van der Waals surface area contributed by atoms with E-state index in [2.05, 4.69) is 10.6 Å². The Morgan fingerprint density at radius 1 is 0.708 bits per heavy atom. The summed E-state index contributed by atoms with van der Waals surface area (Å²) in [7, 11) is 0. The third-order valence-corrected chi connectivity index (χ3v) is 4.31. The van der Waals surface area contributed by atoms with Gasteiger partial charge in [0.15, 0.2) is 0 Å². The van der Waals surface area contributed by atoms with Crippen LogP contribution in [-0.2, 0) is 14.4 Å². The molecule has 0 unspecified atom stereocenters. The number of carbonyl (C=O) groups is 3. The third kappa shape index (κ3) is 17.0. The number of hydrogen-bond acceptors (Lipinski definition) is 3. The molecule has 0 rings (SSSR count). The van der Waals surface area contributed by atoms with Crippen LogP contribution in [0.1, 0.15) is 96.8 Å². The lowest BCUT2D eigenvalue weighted by atomic mass is 10.0. The molecule has 5 nitrogen and oxygen atoms in total. The monoisotopic (exact) mass is 340 g/mol. The summed E-state index contributed by atoms with van der Waals surface area (Å²) in [5, 5.41) is 5.19. The highest BCUT2D eigenvalue weighted by molar-refractivity contribution is 5.75. The molecule has 5 heteroatoms. The molecule has 0 saturated heterocycles. The summed E-state index contributed by atoms with van der Waals surface area (Å²) < 4.78 is 0. The van der Waals surface area contributed by atoms with Gasteiger partial charge in [-0.25, -0.2) is 0 Å². The first-order valence-electron chi connectivity index (χ1n) is 9.59. The van der Waals surface area contributed by atoms with E-state index in [1.807, 2.05) is 0 Å². The van der Waals surface area contributed by atoms with Gasteiger partial charge in [0.2, 0.25) is 12.8 Å². The Hall–Kier alpha value is -1.39. The number of unbranched alkanes of at least 4 members (excludes halogenated alkanes) is 11. The number of Topliss-reactive ketones (excluding diaryl/α,β-unsaturated/α-hetero) is 1. The molecular formula is C19H36N2O3. The molecule has 0 heterocycles. The SMILES string of the molecule is CC(=O)CCCCCCCCCCCCCCC(NC=O)NC=O. The van der Waals surface area contributed by atoms with Gasteiger partial charge in [-0.15, -0.1) is 0 Å². The van der Waals surface area contributed by atoms with E-state index in [4.69, 9.17) is 0 Å². The van der Waals surface area contributed by atoms with E-state index in [9.17, 15) is 14.4 Å². The fourth-order valence-electron chi connectivity index (χ4n) is 2.87. The molecule has 0 aliphatic heterocycles. The van der Waals surface area contributed by atoms with Crippen LogP contribution in [0.25, 0.3) is 0 Å². The first-order valence-corrected chi connectivity index (χ1v) is 9.59. The average Bonchev–Trinajstić information content (AvgIpc) is 2.55. The Morgan fingerprint density at radius 3 is 1.46 bits per heavy atom. The van der Waals surface area contributed by atoms with Gasteiger partial charge >= 0.3 is 0 Å². The van der Waals surface area contributed by atoms with Crippen LogP contribution in [0.5, 0.6) is 0 Å². The topological polar surface area (TPSA) is 75.3 Å². The van der Waals surface area contributed by atoms with Crippen molar-refractivity contribution in [2.75, 3.05) is 0 Å². The molecule has 0 aromatic carbocycles. The minimum Gasteiger partial charge on any atom is -0.339 e. The van der Waals surface area contributed by atoms with Crippen LogP contribution in [0, 0.1) is 0 Å². The second-order valence-corrected chi connectivity index (χ2v) is 6.60. The van der Waals surface area contributed by atoms with E-state index >= 15 is 0 Å². The number of hydrogen-bond donors (Lipinski definition) is 2. The Balaban J connectivity index is 3.20. The summed E-state index contributed by atoms with van der Waals surface area (Å²) >= 11 is 0. The van der Waals surface area contributed by atoms with Gasteiger partial charge in [-0.2, -0.15) is 0 Å². The molecule has 0 radical (unpaired) electrons. The normalized spacial score (nSPS) is 10.6. The van der Waals surface area contributed by atoms with Gasteiger partial charge < -0.3 is 15.4 Å². The number of rotatable bonds is 19. The van der Waals surface area contributed by atoms with Crippen molar-refractivity contribution < 1.29 is 14.4 Å². The number of nitrogens with one attached hydrogen (secondary N) is 2. The lowest BCUT2D eigenvalue weighted by Gasteiger charge is -2.14. The Labute approximate surface area is 147 Å². The van der Waals surface area contributed by atoms with E-state index in [0.29, 0.717) is 18.6 Å². The van der Waals surface area contributed by atoms with Crippen LogP contribution in [0.4, 0.5) is 0 Å². The molecule has 24 heavy (non-hydrogen) atoms. The summed E-state index contributed by atoms with van der Waals surface area (Å²) in [5.74, 6) is 0.311. The maximum absolute atomic E-state index is 10.8. The number of carbonyl (C=O) groups excluding carboxylic acids is 3. The Bertz CT molecular complexity index is 312. The van der Waals surface area contributed by atoms with Gasteiger partial charge in [0.1, 0.15) is 11.9 Å². The molecule has 0 aliphatic carbocycles. The van der Waals surface area contributed by atoms with Gasteiger partial charge in [-0.1, -0.05) is 64.2 Å². The van der Waals surface area contributed by atoms with Crippen molar-refractivity contribution in [3.05, 3.63) is 0 Å². The molecule has 0 aromatic rings. The van der Waals surface area contributed by atoms with Gasteiger partial charge in [-0.05, 0) is 26.2 Å². The molecule has 140 valence electrons. The number of ketones is 1. The average molecular weight is 341 g/mol. The van der Waals surface area contributed by atoms with E-state index in [-0.39, 0.29) is 6.17 Å².